The molecule has 6 aliphatic heterocycles. The van der Waals surface area contributed by atoms with E-state index in [1.165, 1.54) is 23.9 Å². The van der Waals surface area contributed by atoms with Gasteiger partial charge in [-0.3, -0.25) is 28.9 Å². The number of nitrogens with one attached hydrogen (secondary N) is 1. The summed E-state index contributed by atoms with van der Waals surface area (Å²) in [6.07, 6.45) is 25.6. The number of nitrogens with two attached hydrogens (primary N) is 2. The minimum atomic E-state index is -1.17. The number of hydrogen-bond acceptors (Lipinski definition) is 28. The monoisotopic (exact) mass is 1740 g/mol. The van der Waals surface area contributed by atoms with Crippen molar-refractivity contribution >= 4 is 87.2 Å². The number of oxazole rings is 1. The third-order valence-electron chi connectivity index (χ3n) is 26.2. The largest absolute Gasteiger partial charge is 0.461 e. The maximum atomic E-state index is 14.5. The first-order chi connectivity index (χ1) is 61.5. The summed E-state index contributed by atoms with van der Waals surface area (Å²) in [7, 11) is 3.09. The van der Waals surface area contributed by atoms with Crippen LogP contribution in [0.3, 0.4) is 0 Å². The number of aliphatic hydroxyl groups is 1. The molecule has 5 aromatic heterocycles. The Balaban J connectivity index is 0.476. The number of nitrogens with zero attached hydrogens (tertiary/aromatic N) is 15. The number of Topliss-reactive ketones (excluding diaryl/α,β-unsaturated/α-hetero) is 2. The van der Waals surface area contributed by atoms with Crippen LogP contribution in [0.4, 0.5) is 28.5 Å². The van der Waals surface area contributed by atoms with Gasteiger partial charge in [0.1, 0.15) is 59.9 Å². The van der Waals surface area contributed by atoms with Gasteiger partial charge in [0.15, 0.2) is 17.0 Å². The van der Waals surface area contributed by atoms with E-state index in [1.54, 1.807) is 44.9 Å². The van der Waals surface area contributed by atoms with Crippen molar-refractivity contribution in [3.8, 4) is 11.3 Å². The highest BCUT2D eigenvalue weighted by molar-refractivity contribution is 6.38. The van der Waals surface area contributed by atoms with E-state index in [0.29, 0.717) is 211 Å². The van der Waals surface area contributed by atoms with Crippen LogP contribution in [0.5, 0.6) is 0 Å². The maximum absolute atomic E-state index is 14.5. The fourth-order valence-corrected chi connectivity index (χ4v) is 18.7. The molecular formula is C94H124N18O15. The molecule has 2 aromatic carbocycles. The highest BCUT2D eigenvalue weighted by Gasteiger charge is 2.42. The topological polar surface area (TPSA) is 400 Å². The third kappa shape index (κ3) is 23.9. The molecule has 10 atom stereocenters. The van der Waals surface area contributed by atoms with Crippen LogP contribution < -0.4 is 26.6 Å². The van der Waals surface area contributed by atoms with Crippen LogP contribution in [-0.2, 0) is 78.4 Å². The predicted molar refractivity (Wildman–Crippen MR) is 477 cm³/mol. The van der Waals surface area contributed by atoms with E-state index in [-0.39, 0.29) is 85.1 Å². The molecular weight excluding hydrogens is 1620 g/mol. The van der Waals surface area contributed by atoms with Gasteiger partial charge in [0.05, 0.1) is 49.3 Å². The number of amides is 4. The van der Waals surface area contributed by atoms with Crippen LogP contribution >= 0.6 is 0 Å². The number of piperazine rings is 2. The van der Waals surface area contributed by atoms with Gasteiger partial charge in [0.25, 0.3) is 17.8 Å². The number of hydrogen-bond donors (Lipinski definition) is 4. The molecule has 4 saturated heterocycles. The third-order valence-corrected chi connectivity index (χ3v) is 26.2. The summed E-state index contributed by atoms with van der Waals surface area (Å²) in [5, 5.41) is 20.1. The first-order valence-electron chi connectivity index (χ1n) is 45.4. The molecule has 0 radical (unpaired) electrons. The second kappa shape index (κ2) is 43.7. The molecule has 1 aliphatic carbocycles. The van der Waals surface area contributed by atoms with Gasteiger partial charge in [-0.2, -0.15) is 10.1 Å². The van der Waals surface area contributed by atoms with Crippen LogP contribution in [0.1, 0.15) is 176 Å². The molecule has 127 heavy (non-hydrogen) atoms. The zero-order valence-corrected chi connectivity index (χ0v) is 74.3. The highest BCUT2D eigenvalue weighted by Crippen LogP contribution is 2.37. The number of ketones is 2. The number of aromatic nitrogens is 9. The minimum Gasteiger partial charge on any atom is -0.461 e. The summed E-state index contributed by atoms with van der Waals surface area (Å²) in [6, 6.07) is 11.0. The molecule has 0 spiro atoms. The Morgan fingerprint density at radius 1 is 0.693 bits per heavy atom. The number of anilines is 4. The van der Waals surface area contributed by atoms with Crippen molar-refractivity contribution in [2.45, 2.75) is 219 Å². The van der Waals surface area contributed by atoms with Crippen LogP contribution in [0, 0.1) is 23.7 Å². The molecule has 2 unspecified atom stereocenters. The Kier molecular flexibility index (Phi) is 31.7. The molecule has 5 fully saturated rings. The summed E-state index contributed by atoms with van der Waals surface area (Å²) in [5.74, 6) is -0.848. The summed E-state index contributed by atoms with van der Waals surface area (Å²) < 4.78 is 43.7. The molecule has 1 saturated carbocycles. The van der Waals surface area contributed by atoms with E-state index in [0.717, 1.165) is 74.2 Å². The first-order valence-corrected chi connectivity index (χ1v) is 45.4. The van der Waals surface area contributed by atoms with Gasteiger partial charge < -0.3 is 79.2 Å². The molecule has 680 valence electrons. The number of methoxy groups -OCH3 is 2. The number of esters is 1. The number of carbonyl (C=O) groups excluding carboxylic acids is 7. The average Bonchev–Trinajstić information content (AvgIpc) is 1.63. The molecule has 7 aliphatic rings. The Labute approximate surface area is 741 Å². The molecule has 7 aromatic rings. The summed E-state index contributed by atoms with van der Waals surface area (Å²) in [4.78, 5) is 141. The fraction of sp³-hybridized carbons (Fsp3) is 0.564. The zero-order valence-electron chi connectivity index (χ0n) is 74.3. The number of cyclic esters (lactones) is 1. The standard InChI is InChI=1S/C94H124N18O15/c1-59-14-9-8-10-15-61(3)78(121-6)50-73-16-13-18-77(124-73)84(116)89(118)111-33-12-11-17-75(111)90(119)125-71(26-19-60(2)47-63(5)83(115)85(122-7)82(114)62(4)46-59)27-21-64-22-28-72(29-23-64)126-94(120)101-53-66-51-97-92(98-52-66)109-41-39-107(40-42-109)79(113)32-44-123-45-43-106-35-37-108(38-36-106)93-99-54-70(55-100-93)88(117)110-34-31-67-48-65(20-24-69(67)57-110)56-112-87-80(86(95)102-58-103-87)81(105-112)68-25-30-76-74(49-68)104-91(96)127-76/h8-10,14-15,20,24-25,30,47-49,51-52,54-55,58-60,62,64,71-73,75,77-78,83,85,115H,11-13,16-19,21-23,26-29,31-46,50,53,56-57H2,1-7H3,(H2,96,104)(H,101,120)(H2,95,102,103)/b10-8+,14-9+,61-15+,63-47+/t59-,60+,62-,64-,71+,72-,73?,75+,77?,78+,83-,85+/m1/s1. The summed E-state index contributed by atoms with van der Waals surface area (Å²) in [6.45, 7) is 18.4. The highest BCUT2D eigenvalue weighted by atomic mass is 16.6. The zero-order chi connectivity index (χ0) is 89.2. The van der Waals surface area contributed by atoms with Crippen molar-refractivity contribution in [3.05, 3.63) is 143 Å². The van der Waals surface area contributed by atoms with Crippen LogP contribution in [0.25, 0.3) is 33.4 Å². The number of allylic oxidation sites excluding steroid dienone is 6. The van der Waals surface area contributed by atoms with Gasteiger partial charge in [-0.25, -0.2) is 44.2 Å². The molecule has 6 N–H and O–H groups in total. The van der Waals surface area contributed by atoms with E-state index in [1.807, 2.05) is 82.7 Å². The summed E-state index contributed by atoms with van der Waals surface area (Å²) >= 11 is 0. The number of ether oxygens (including phenoxy) is 6. The van der Waals surface area contributed by atoms with Crippen molar-refractivity contribution in [1.82, 2.24) is 69.6 Å². The van der Waals surface area contributed by atoms with Crippen molar-refractivity contribution in [3.63, 3.8) is 0 Å². The van der Waals surface area contributed by atoms with Gasteiger partial charge >= 0.3 is 12.1 Å². The number of alkyl carbamates (subject to hydrolysis) is 1. The Morgan fingerprint density at radius 2 is 1.45 bits per heavy atom. The lowest BCUT2D eigenvalue weighted by Gasteiger charge is -2.36. The number of nitrogen functional groups attached to an aromatic ring is 2. The maximum Gasteiger partial charge on any atom is 0.407 e. The second-order valence-corrected chi connectivity index (χ2v) is 35.3. The normalized spacial score (nSPS) is 26.5. The van der Waals surface area contributed by atoms with E-state index >= 15 is 0 Å². The van der Waals surface area contributed by atoms with E-state index in [9.17, 15) is 38.7 Å². The number of rotatable bonds is 20. The smallest absolute Gasteiger partial charge is 0.407 e. The number of benzene rings is 2. The van der Waals surface area contributed by atoms with E-state index < -0.39 is 54.2 Å². The van der Waals surface area contributed by atoms with E-state index in [4.69, 9.17) is 49.4 Å². The van der Waals surface area contributed by atoms with Crippen LogP contribution in [0.2, 0.25) is 0 Å². The number of piperidine rings is 1. The Bertz CT molecular complexity index is 5090. The summed E-state index contributed by atoms with van der Waals surface area (Å²) in [5.41, 5.74) is 21.4. The number of carbonyl (C=O) groups is 7. The lowest BCUT2D eigenvalue weighted by atomic mass is 9.83. The van der Waals surface area contributed by atoms with Gasteiger partial charge in [-0.05, 0) is 180 Å². The Hall–Kier alpha value is -11.0. The van der Waals surface area contributed by atoms with E-state index in [2.05, 4.69) is 81.2 Å². The van der Waals surface area contributed by atoms with Gasteiger partial charge in [0, 0.05) is 148 Å². The van der Waals surface area contributed by atoms with Crippen LogP contribution in [0.15, 0.2) is 120 Å². The average molecular weight is 1750 g/mol. The minimum absolute atomic E-state index is 0.0357. The van der Waals surface area contributed by atoms with Crippen molar-refractivity contribution in [1.29, 1.82) is 0 Å². The lowest BCUT2D eigenvalue weighted by Crippen LogP contribution is -2.54. The number of aliphatic hydroxyl groups excluding tert-OH is 1. The van der Waals surface area contributed by atoms with Gasteiger partial charge in [-0.15, -0.1) is 0 Å². The van der Waals surface area contributed by atoms with Gasteiger partial charge in [0.2, 0.25) is 23.6 Å². The SMILES string of the molecule is CO[C@H]1CC2CCCC(O2)C(=O)C(=O)N2CCCC[C@H]2C(=O)O[C@H](CC[C@H]2CC[C@H](OC(=O)NCc3cnc(N4CCN(C(=O)CCOCCN5CCN(c6ncc(C(=O)N7CCc8cc(Cn9nc(-c%10ccc%11oc(N)nc%11c%10)c%10c(N)ncnc%109)ccc8C7)cn6)CC5)CC4)nc3)CC2)CC[C@H](C)/C=C(\C)[C@@H](O)[C@@H](OC)C(=O)[C@H](C)C[C@H](C)/C=C/C=C/C=C/1C. The van der Waals surface area contributed by atoms with Crippen LogP contribution in [-0.4, -0.2) is 259 Å². The predicted octanol–water partition coefficient (Wildman–Crippen LogP) is 10.3. The van der Waals surface area contributed by atoms with Crippen molar-refractivity contribution in [2.24, 2.45) is 23.7 Å². The molecule has 11 heterocycles. The molecule has 2 bridgehead atoms. The Morgan fingerprint density at radius 3 is 2.20 bits per heavy atom. The van der Waals surface area contributed by atoms with Crippen molar-refractivity contribution < 1.29 is 71.5 Å². The number of fused-ring (bicyclic) bond motifs is 6. The molecule has 14 rings (SSSR count). The lowest BCUT2D eigenvalue weighted by molar-refractivity contribution is -0.167. The van der Waals surface area contributed by atoms with Gasteiger partial charge in [-0.1, -0.05) is 75.4 Å². The molecule has 4 amide bonds. The first kappa shape index (κ1) is 92.2. The molecule has 33 heteroatoms. The molecule has 33 nitrogen and oxygen atoms in total. The second-order valence-electron chi connectivity index (χ2n) is 35.3. The van der Waals surface area contributed by atoms with Crippen molar-refractivity contribution in [2.75, 3.05) is 121 Å². The fourth-order valence-electron chi connectivity index (χ4n) is 18.7. The quantitative estimate of drug-likeness (QED) is 0.0238.